The third-order valence-electron chi connectivity index (χ3n) is 1.47. The van der Waals surface area contributed by atoms with Crippen LogP contribution in [-0.4, -0.2) is 18.4 Å². The maximum atomic E-state index is 10.5. The largest absolute Gasteiger partial charge is 0.432 e. The van der Waals surface area contributed by atoms with Crippen LogP contribution in [0.15, 0.2) is 0 Å². The van der Waals surface area contributed by atoms with Crippen molar-refractivity contribution >= 4 is 5.97 Å². The maximum Gasteiger partial charge on any atom is 0.334 e. The number of carbonyl (C=O) groups excluding carboxylic acids is 1. The highest BCUT2D eigenvalue weighted by molar-refractivity contribution is 5.72. The lowest BCUT2D eigenvalue weighted by Crippen LogP contribution is -2.24. The minimum atomic E-state index is -0.642. The Morgan fingerprint density at radius 2 is 2.44 bits per heavy atom. The molecule has 9 heavy (non-hydrogen) atoms. The molecule has 3 nitrogen and oxygen atoms in total. The standard InChI is InChI=1S/C6H10O3/c1-3-6(2)8-4-5(7)9-6/h3-4H2,1-2H3. The summed E-state index contributed by atoms with van der Waals surface area (Å²) < 4.78 is 9.87. The topological polar surface area (TPSA) is 35.5 Å². The second-order valence-electron chi connectivity index (χ2n) is 2.25. The molecule has 0 N–H and O–H groups in total. The smallest absolute Gasteiger partial charge is 0.334 e. The zero-order chi connectivity index (χ0) is 6.91. The molecule has 0 bridgehead atoms. The zero-order valence-corrected chi connectivity index (χ0v) is 5.64. The maximum absolute atomic E-state index is 10.5. The minimum Gasteiger partial charge on any atom is -0.432 e. The highest BCUT2D eigenvalue weighted by atomic mass is 16.8. The number of hydrogen-bond acceptors (Lipinski definition) is 3. The highest BCUT2D eigenvalue weighted by Gasteiger charge is 2.34. The third-order valence-corrected chi connectivity index (χ3v) is 1.47. The molecular formula is C6H10O3. The molecule has 0 spiro atoms. The van der Waals surface area contributed by atoms with E-state index in [0.717, 1.165) is 0 Å². The first-order valence-electron chi connectivity index (χ1n) is 3.02. The van der Waals surface area contributed by atoms with Crippen LogP contribution in [0.25, 0.3) is 0 Å². The molecule has 0 aromatic carbocycles. The summed E-state index contributed by atoms with van der Waals surface area (Å²) >= 11 is 0. The van der Waals surface area contributed by atoms with Gasteiger partial charge in [0, 0.05) is 13.3 Å². The van der Waals surface area contributed by atoms with Crippen molar-refractivity contribution in [1.82, 2.24) is 0 Å². The first-order valence-corrected chi connectivity index (χ1v) is 3.02. The Kier molecular flexibility index (Phi) is 1.45. The first-order chi connectivity index (χ1) is 4.16. The lowest BCUT2D eigenvalue weighted by molar-refractivity contribution is -0.166. The van der Waals surface area contributed by atoms with E-state index in [0.29, 0.717) is 6.42 Å². The molecule has 0 radical (unpaired) electrons. The van der Waals surface area contributed by atoms with Gasteiger partial charge in [0.05, 0.1) is 0 Å². The molecule has 1 saturated heterocycles. The summed E-state index contributed by atoms with van der Waals surface area (Å²) in [5, 5.41) is 0. The van der Waals surface area contributed by atoms with Crippen LogP contribution in [0.1, 0.15) is 20.3 Å². The lowest BCUT2D eigenvalue weighted by Gasteiger charge is -2.17. The van der Waals surface area contributed by atoms with E-state index in [1.54, 1.807) is 6.92 Å². The molecule has 0 saturated carbocycles. The van der Waals surface area contributed by atoms with Gasteiger partial charge in [-0.3, -0.25) is 0 Å². The first kappa shape index (κ1) is 6.55. The molecule has 0 amide bonds. The van der Waals surface area contributed by atoms with Crippen LogP contribution in [0.5, 0.6) is 0 Å². The molecular weight excluding hydrogens is 120 g/mol. The quantitative estimate of drug-likeness (QED) is 0.490. The summed E-state index contributed by atoms with van der Waals surface area (Å²) in [4.78, 5) is 10.5. The van der Waals surface area contributed by atoms with Gasteiger partial charge in [0.15, 0.2) is 0 Å². The Morgan fingerprint density at radius 1 is 1.78 bits per heavy atom. The Bertz CT molecular complexity index is 132. The molecule has 0 aromatic heterocycles. The van der Waals surface area contributed by atoms with Crippen molar-refractivity contribution in [2.75, 3.05) is 6.61 Å². The molecule has 0 aromatic rings. The molecule has 1 aliphatic rings. The predicted octanol–water partition coefficient (Wildman–Crippen LogP) is 0.686. The molecule has 0 aliphatic carbocycles. The molecule has 1 aliphatic heterocycles. The summed E-state index contributed by atoms with van der Waals surface area (Å²) in [6.07, 6.45) is 0.707. The Labute approximate surface area is 53.9 Å². The summed E-state index contributed by atoms with van der Waals surface area (Å²) in [6, 6.07) is 0. The number of rotatable bonds is 1. The molecule has 52 valence electrons. The van der Waals surface area contributed by atoms with E-state index in [9.17, 15) is 4.79 Å². The Morgan fingerprint density at radius 3 is 2.67 bits per heavy atom. The Hall–Kier alpha value is -0.570. The van der Waals surface area contributed by atoms with Gasteiger partial charge in [0.25, 0.3) is 0 Å². The zero-order valence-electron chi connectivity index (χ0n) is 5.64. The van der Waals surface area contributed by atoms with E-state index >= 15 is 0 Å². The van der Waals surface area contributed by atoms with E-state index in [1.807, 2.05) is 6.92 Å². The number of hydrogen-bond donors (Lipinski definition) is 0. The highest BCUT2D eigenvalue weighted by Crippen LogP contribution is 2.22. The fourth-order valence-corrected chi connectivity index (χ4v) is 0.686. The predicted molar refractivity (Wildman–Crippen MR) is 30.7 cm³/mol. The SMILES string of the molecule is CCC1(C)OCC(=O)O1. The molecule has 1 heterocycles. The van der Waals surface area contributed by atoms with Crippen LogP contribution >= 0.6 is 0 Å². The third kappa shape index (κ3) is 1.21. The van der Waals surface area contributed by atoms with Crippen molar-refractivity contribution in [3.8, 4) is 0 Å². The summed E-state index contributed by atoms with van der Waals surface area (Å²) in [6.45, 7) is 3.78. The van der Waals surface area contributed by atoms with Crippen LogP contribution < -0.4 is 0 Å². The van der Waals surface area contributed by atoms with Crippen LogP contribution in [0.2, 0.25) is 0 Å². The van der Waals surface area contributed by atoms with Crippen molar-refractivity contribution in [2.45, 2.75) is 26.1 Å². The van der Waals surface area contributed by atoms with Gasteiger partial charge in [-0.15, -0.1) is 0 Å². The summed E-state index contributed by atoms with van der Waals surface area (Å²) in [5.41, 5.74) is 0. The average Bonchev–Trinajstić information content (AvgIpc) is 2.13. The number of esters is 1. The van der Waals surface area contributed by atoms with Gasteiger partial charge in [0.2, 0.25) is 5.79 Å². The van der Waals surface area contributed by atoms with E-state index < -0.39 is 5.79 Å². The number of ether oxygens (including phenoxy) is 2. The van der Waals surface area contributed by atoms with E-state index in [4.69, 9.17) is 9.47 Å². The molecule has 1 fully saturated rings. The van der Waals surface area contributed by atoms with Gasteiger partial charge in [-0.25, -0.2) is 4.79 Å². The minimum absolute atomic E-state index is 0.102. The summed E-state index contributed by atoms with van der Waals surface area (Å²) in [7, 11) is 0. The second-order valence-corrected chi connectivity index (χ2v) is 2.25. The van der Waals surface area contributed by atoms with Gasteiger partial charge >= 0.3 is 5.97 Å². The molecule has 3 heteroatoms. The second kappa shape index (κ2) is 1.99. The number of carbonyl (C=O) groups is 1. The van der Waals surface area contributed by atoms with Crippen molar-refractivity contribution < 1.29 is 14.3 Å². The van der Waals surface area contributed by atoms with Crippen molar-refractivity contribution in [1.29, 1.82) is 0 Å². The fourth-order valence-electron chi connectivity index (χ4n) is 0.686. The fraction of sp³-hybridized carbons (Fsp3) is 0.833. The van der Waals surface area contributed by atoms with Gasteiger partial charge in [-0.05, 0) is 0 Å². The molecule has 1 rings (SSSR count). The van der Waals surface area contributed by atoms with E-state index in [1.165, 1.54) is 0 Å². The van der Waals surface area contributed by atoms with Crippen LogP contribution in [0.4, 0.5) is 0 Å². The van der Waals surface area contributed by atoms with E-state index in [-0.39, 0.29) is 12.6 Å². The van der Waals surface area contributed by atoms with Gasteiger partial charge in [-0.2, -0.15) is 0 Å². The lowest BCUT2D eigenvalue weighted by atomic mass is 10.2. The van der Waals surface area contributed by atoms with Gasteiger partial charge < -0.3 is 9.47 Å². The molecule has 1 atom stereocenters. The van der Waals surface area contributed by atoms with E-state index in [2.05, 4.69) is 0 Å². The van der Waals surface area contributed by atoms with Crippen LogP contribution in [-0.2, 0) is 14.3 Å². The van der Waals surface area contributed by atoms with Crippen LogP contribution in [0.3, 0.4) is 0 Å². The normalized spacial score (nSPS) is 34.7. The van der Waals surface area contributed by atoms with Crippen molar-refractivity contribution in [3.63, 3.8) is 0 Å². The van der Waals surface area contributed by atoms with Crippen molar-refractivity contribution in [2.24, 2.45) is 0 Å². The number of cyclic esters (lactones) is 1. The Balaban J connectivity index is 2.54. The van der Waals surface area contributed by atoms with Crippen molar-refractivity contribution in [3.05, 3.63) is 0 Å². The summed E-state index contributed by atoms with van der Waals surface area (Å²) in [5.74, 6) is -0.906. The molecule has 1 unspecified atom stereocenters. The van der Waals surface area contributed by atoms with Crippen LogP contribution in [0, 0.1) is 0 Å². The monoisotopic (exact) mass is 130 g/mol. The van der Waals surface area contributed by atoms with Gasteiger partial charge in [-0.1, -0.05) is 6.92 Å². The van der Waals surface area contributed by atoms with Gasteiger partial charge in [0.1, 0.15) is 6.61 Å². The average molecular weight is 130 g/mol.